The Morgan fingerprint density at radius 2 is 1.87 bits per heavy atom. The van der Waals surface area contributed by atoms with Crippen LogP contribution in [0.15, 0.2) is 36.4 Å². The number of hydrogen-bond donors (Lipinski definition) is 0. The largest absolute Gasteiger partial charge is 0.380 e. The van der Waals surface area contributed by atoms with Crippen molar-refractivity contribution in [2.75, 3.05) is 7.11 Å². The Kier molecular flexibility index (Phi) is 2.71. The zero-order valence-corrected chi connectivity index (χ0v) is 8.66. The highest BCUT2D eigenvalue weighted by Crippen LogP contribution is 2.18. The van der Waals surface area contributed by atoms with Crippen molar-refractivity contribution in [1.82, 2.24) is 0 Å². The first-order chi connectivity index (χ1) is 7.33. The third-order valence-electron chi connectivity index (χ3n) is 2.38. The molecule has 0 bridgehead atoms. The number of hydrogen-bond acceptors (Lipinski definition) is 1. The number of methoxy groups -OCH3 is 1. The van der Waals surface area contributed by atoms with E-state index in [2.05, 4.69) is 24.1 Å². The van der Waals surface area contributed by atoms with Gasteiger partial charge in [0, 0.05) is 12.7 Å². The summed E-state index contributed by atoms with van der Waals surface area (Å²) >= 11 is 0. The van der Waals surface area contributed by atoms with E-state index >= 15 is 0 Å². The highest BCUT2D eigenvalue weighted by molar-refractivity contribution is 5.84. The van der Waals surface area contributed by atoms with E-state index in [1.54, 1.807) is 7.11 Å². The molecule has 0 aromatic heterocycles. The van der Waals surface area contributed by atoms with Gasteiger partial charge in [-0.2, -0.15) is 0 Å². The molecule has 74 valence electrons. The second-order valence-corrected chi connectivity index (χ2v) is 3.47. The monoisotopic (exact) mass is 196 g/mol. The van der Waals surface area contributed by atoms with Crippen LogP contribution in [0.3, 0.4) is 0 Å². The van der Waals surface area contributed by atoms with E-state index < -0.39 is 0 Å². The Hall–Kier alpha value is -1.78. The van der Waals surface area contributed by atoms with Crippen molar-refractivity contribution in [2.24, 2.45) is 0 Å². The summed E-state index contributed by atoms with van der Waals surface area (Å²) in [6, 6.07) is 12.3. The Morgan fingerprint density at radius 3 is 2.60 bits per heavy atom. The van der Waals surface area contributed by atoms with Gasteiger partial charge in [0.1, 0.15) is 0 Å². The van der Waals surface area contributed by atoms with Crippen molar-refractivity contribution in [3.05, 3.63) is 47.5 Å². The van der Waals surface area contributed by atoms with Crippen LogP contribution in [-0.4, -0.2) is 7.11 Å². The Labute approximate surface area is 89.7 Å². The number of benzene rings is 2. The predicted octanol–water partition coefficient (Wildman–Crippen LogP) is 2.97. The van der Waals surface area contributed by atoms with E-state index in [0.717, 1.165) is 5.56 Å². The van der Waals surface area contributed by atoms with Crippen molar-refractivity contribution in [2.45, 2.75) is 6.61 Å². The summed E-state index contributed by atoms with van der Waals surface area (Å²) in [6.45, 7) is 0.646. The van der Waals surface area contributed by atoms with E-state index in [1.165, 1.54) is 16.3 Å². The van der Waals surface area contributed by atoms with E-state index in [0.29, 0.717) is 6.61 Å². The predicted molar refractivity (Wildman–Crippen MR) is 62.6 cm³/mol. The van der Waals surface area contributed by atoms with Crippen molar-refractivity contribution < 1.29 is 4.74 Å². The third-order valence-corrected chi connectivity index (χ3v) is 2.38. The SMILES string of the molecule is C#Cc1ccc2cc(COC)ccc2c1. The Bertz CT molecular complexity index is 520. The third kappa shape index (κ3) is 2.01. The number of terminal acetylenes is 1. The fraction of sp³-hybridized carbons (Fsp3) is 0.143. The lowest BCUT2D eigenvalue weighted by atomic mass is 10.0. The summed E-state index contributed by atoms with van der Waals surface area (Å²) in [4.78, 5) is 0. The minimum Gasteiger partial charge on any atom is -0.380 e. The molecular formula is C14H12O. The molecule has 1 nitrogen and oxygen atoms in total. The Balaban J connectivity index is 2.51. The fourth-order valence-corrected chi connectivity index (χ4v) is 1.64. The average molecular weight is 196 g/mol. The van der Waals surface area contributed by atoms with Gasteiger partial charge in [-0.25, -0.2) is 0 Å². The van der Waals surface area contributed by atoms with Gasteiger partial charge in [0.25, 0.3) is 0 Å². The van der Waals surface area contributed by atoms with Crippen LogP contribution in [0.4, 0.5) is 0 Å². The van der Waals surface area contributed by atoms with Gasteiger partial charge in [-0.05, 0) is 34.5 Å². The molecule has 0 aliphatic carbocycles. The Morgan fingerprint density at radius 1 is 1.13 bits per heavy atom. The summed E-state index contributed by atoms with van der Waals surface area (Å²) in [6.07, 6.45) is 5.35. The molecule has 0 saturated carbocycles. The minimum absolute atomic E-state index is 0.646. The first kappa shape index (κ1) is 9.76. The van der Waals surface area contributed by atoms with Crippen LogP contribution in [0.5, 0.6) is 0 Å². The molecular weight excluding hydrogens is 184 g/mol. The van der Waals surface area contributed by atoms with Crippen LogP contribution < -0.4 is 0 Å². The smallest absolute Gasteiger partial charge is 0.0713 e. The molecule has 0 heterocycles. The van der Waals surface area contributed by atoms with E-state index in [-0.39, 0.29) is 0 Å². The number of rotatable bonds is 2. The van der Waals surface area contributed by atoms with Crippen LogP contribution >= 0.6 is 0 Å². The lowest BCUT2D eigenvalue weighted by Crippen LogP contribution is -1.87. The highest BCUT2D eigenvalue weighted by atomic mass is 16.5. The second-order valence-electron chi connectivity index (χ2n) is 3.47. The molecule has 2 rings (SSSR count). The van der Waals surface area contributed by atoms with Gasteiger partial charge >= 0.3 is 0 Å². The van der Waals surface area contributed by atoms with Crippen LogP contribution in [0.1, 0.15) is 11.1 Å². The van der Waals surface area contributed by atoms with Gasteiger partial charge < -0.3 is 4.74 Å². The van der Waals surface area contributed by atoms with Crippen molar-refractivity contribution in [3.63, 3.8) is 0 Å². The molecule has 0 radical (unpaired) electrons. The highest BCUT2D eigenvalue weighted by Gasteiger charge is 1.97. The molecule has 0 N–H and O–H groups in total. The quantitative estimate of drug-likeness (QED) is 0.671. The van der Waals surface area contributed by atoms with E-state index in [9.17, 15) is 0 Å². The molecule has 0 amide bonds. The summed E-state index contributed by atoms with van der Waals surface area (Å²) in [5, 5.41) is 2.37. The van der Waals surface area contributed by atoms with Crippen molar-refractivity contribution >= 4 is 10.8 Å². The van der Waals surface area contributed by atoms with Gasteiger partial charge in [0.05, 0.1) is 6.61 Å². The van der Waals surface area contributed by atoms with Crippen molar-refractivity contribution in [3.8, 4) is 12.3 Å². The zero-order chi connectivity index (χ0) is 10.7. The summed E-state index contributed by atoms with van der Waals surface area (Å²) in [5.41, 5.74) is 2.10. The van der Waals surface area contributed by atoms with Gasteiger partial charge in [0.15, 0.2) is 0 Å². The summed E-state index contributed by atoms with van der Waals surface area (Å²) < 4.78 is 5.09. The van der Waals surface area contributed by atoms with Crippen LogP contribution in [-0.2, 0) is 11.3 Å². The van der Waals surface area contributed by atoms with Gasteiger partial charge in [0.2, 0.25) is 0 Å². The van der Waals surface area contributed by atoms with Gasteiger partial charge in [-0.15, -0.1) is 6.42 Å². The second kappa shape index (κ2) is 4.16. The van der Waals surface area contributed by atoms with Crippen molar-refractivity contribution in [1.29, 1.82) is 0 Å². The van der Waals surface area contributed by atoms with Gasteiger partial charge in [-0.1, -0.05) is 24.1 Å². The molecule has 0 saturated heterocycles. The minimum atomic E-state index is 0.646. The lowest BCUT2D eigenvalue weighted by Gasteiger charge is -2.03. The maximum atomic E-state index is 5.35. The maximum Gasteiger partial charge on any atom is 0.0713 e. The number of ether oxygens (including phenoxy) is 1. The molecule has 0 aliphatic heterocycles. The molecule has 2 aromatic rings. The molecule has 0 atom stereocenters. The normalized spacial score (nSPS) is 10.1. The molecule has 0 unspecified atom stereocenters. The van der Waals surface area contributed by atoms with Crippen LogP contribution in [0.2, 0.25) is 0 Å². The first-order valence-electron chi connectivity index (χ1n) is 4.82. The maximum absolute atomic E-state index is 5.35. The molecule has 15 heavy (non-hydrogen) atoms. The average Bonchev–Trinajstić information content (AvgIpc) is 2.29. The molecule has 0 spiro atoms. The van der Waals surface area contributed by atoms with Crippen LogP contribution in [0, 0.1) is 12.3 Å². The van der Waals surface area contributed by atoms with Gasteiger partial charge in [-0.3, -0.25) is 0 Å². The van der Waals surface area contributed by atoms with E-state index in [4.69, 9.17) is 11.2 Å². The zero-order valence-electron chi connectivity index (χ0n) is 8.66. The summed E-state index contributed by atoms with van der Waals surface area (Å²) in [5.74, 6) is 2.63. The van der Waals surface area contributed by atoms with Crippen LogP contribution in [0.25, 0.3) is 10.8 Å². The lowest BCUT2D eigenvalue weighted by molar-refractivity contribution is 0.185. The van der Waals surface area contributed by atoms with E-state index in [1.807, 2.05) is 18.2 Å². The molecule has 0 fully saturated rings. The molecule has 1 heteroatoms. The molecule has 0 aliphatic rings. The topological polar surface area (TPSA) is 9.23 Å². The fourth-order valence-electron chi connectivity index (χ4n) is 1.64. The number of fused-ring (bicyclic) bond motifs is 1. The standard InChI is InChI=1S/C14H12O/c1-3-11-4-6-14-9-12(10-15-2)5-7-13(14)8-11/h1,4-9H,10H2,2H3. The summed E-state index contributed by atoms with van der Waals surface area (Å²) in [7, 11) is 1.70. The molecule has 2 aromatic carbocycles. The first-order valence-corrected chi connectivity index (χ1v) is 4.82.